The minimum Gasteiger partial charge on any atom is -0.469 e. The average molecular weight is 489 g/mol. The molecule has 200 valence electrons. The van der Waals surface area contributed by atoms with Crippen LogP contribution < -0.4 is 0 Å². The first-order valence-electron chi connectivity index (χ1n) is 15.0. The van der Waals surface area contributed by atoms with E-state index in [1.807, 2.05) is 0 Å². The Bertz CT molecular complexity index is 772. The van der Waals surface area contributed by atoms with Crippen LogP contribution in [-0.2, 0) is 19.0 Å². The van der Waals surface area contributed by atoms with Gasteiger partial charge < -0.3 is 14.2 Å². The Morgan fingerprint density at radius 1 is 0.914 bits per heavy atom. The van der Waals surface area contributed by atoms with Gasteiger partial charge in [-0.2, -0.15) is 0 Å². The van der Waals surface area contributed by atoms with Gasteiger partial charge in [-0.3, -0.25) is 4.79 Å². The molecule has 9 unspecified atom stereocenters. The molecule has 5 fully saturated rings. The first-order valence-corrected chi connectivity index (χ1v) is 15.0. The minimum absolute atomic E-state index is 0.134. The summed E-state index contributed by atoms with van der Waals surface area (Å²) in [6.45, 7) is 13.7. The molecule has 5 aliphatic rings. The summed E-state index contributed by atoms with van der Waals surface area (Å²) in [7, 11) is 1.52. The second-order valence-corrected chi connectivity index (χ2v) is 14.2. The highest BCUT2D eigenvalue weighted by atomic mass is 16.7. The number of hydrogen-bond donors (Lipinski definition) is 0. The number of carbonyl (C=O) groups excluding carboxylic acids is 1. The zero-order valence-corrected chi connectivity index (χ0v) is 23.4. The Labute approximate surface area is 214 Å². The molecular formula is C31H52O4. The summed E-state index contributed by atoms with van der Waals surface area (Å²) < 4.78 is 17.7. The van der Waals surface area contributed by atoms with E-state index in [0.29, 0.717) is 24.5 Å². The maximum absolute atomic E-state index is 13.0. The molecule has 5 rings (SSSR count). The maximum Gasteiger partial charge on any atom is 0.314 e. The van der Waals surface area contributed by atoms with Gasteiger partial charge in [0.1, 0.15) is 5.92 Å². The molecule has 0 amide bonds. The predicted octanol–water partition coefficient (Wildman–Crippen LogP) is 7.25. The Morgan fingerprint density at radius 2 is 1.63 bits per heavy atom. The number of esters is 1. The third-order valence-electron chi connectivity index (χ3n) is 12.2. The van der Waals surface area contributed by atoms with Crippen LogP contribution in [0.3, 0.4) is 0 Å². The predicted molar refractivity (Wildman–Crippen MR) is 139 cm³/mol. The lowest BCUT2D eigenvalue weighted by atomic mass is 9.43. The minimum atomic E-state index is -0.739. The van der Waals surface area contributed by atoms with Crippen LogP contribution in [0.1, 0.15) is 105 Å². The number of hydrogen-bond acceptors (Lipinski definition) is 4. The Balaban J connectivity index is 1.34. The zero-order valence-electron chi connectivity index (χ0n) is 23.4. The molecule has 1 heterocycles. The van der Waals surface area contributed by atoms with Gasteiger partial charge in [-0.1, -0.05) is 53.9 Å². The summed E-state index contributed by atoms with van der Waals surface area (Å²) in [6.07, 6.45) is 14.1. The largest absolute Gasteiger partial charge is 0.469 e. The lowest BCUT2D eigenvalue weighted by Gasteiger charge is -2.63. The number of fused-ring (bicyclic) bond motifs is 5. The Hall–Kier alpha value is -0.610. The van der Waals surface area contributed by atoms with Gasteiger partial charge >= 0.3 is 5.97 Å². The van der Waals surface area contributed by atoms with Gasteiger partial charge in [0.15, 0.2) is 5.79 Å². The van der Waals surface area contributed by atoms with Gasteiger partial charge in [0.05, 0.1) is 20.3 Å². The smallest absolute Gasteiger partial charge is 0.314 e. The standard InChI is InChI=1S/C31H52O4/c1-20(2)8-7-9-21(3)24-12-13-25-23-11-10-22-18-31(34-16-17-35-31)27(28(32)33-6)19-30(22,5)26(23)14-15-29(24,25)4/h20-27H,7-19H2,1-6H3. The third kappa shape index (κ3) is 4.21. The summed E-state index contributed by atoms with van der Waals surface area (Å²) in [5, 5.41) is 0. The molecule has 0 aromatic heterocycles. The first-order chi connectivity index (χ1) is 16.6. The molecule has 1 spiro atoms. The van der Waals surface area contributed by atoms with E-state index < -0.39 is 5.79 Å². The van der Waals surface area contributed by atoms with Crippen LogP contribution in [0.25, 0.3) is 0 Å². The number of rotatable bonds is 6. The monoisotopic (exact) mass is 488 g/mol. The second kappa shape index (κ2) is 9.61. The molecule has 0 bridgehead atoms. The molecule has 35 heavy (non-hydrogen) atoms. The van der Waals surface area contributed by atoms with Crippen LogP contribution in [-0.4, -0.2) is 32.1 Å². The van der Waals surface area contributed by atoms with E-state index in [-0.39, 0.29) is 17.3 Å². The SMILES string of the molecule is COC(=O)C1CC2(C)C(CCC3C2CCC2(C)C(C(C)CCCC(C)C)CCC32)CC12OCCO2. The third-order valence-corrected chi connectivity index (χ3v) is 12.2. The maximum atomic E-state index is 13.0. The average Bonchev–Trinajstić information content (AvgIpc) is 3.43. The van der Waals surface area contributed by atoms with Crippen molar-refractivity contribution in [3.8, 4) is 0 Å². The van der Waals surface area contributed by atoms with Crippen LogP contribution >= 0.6 is 0 Å². The van der Waals surface area contributed by atoms with Crippen molar-refractivity contribution < 1.29 is 19.0 Å². The normalized spacial score (nSPS) is 45.1. The van der Waals surface area contributed by atoms with Gasteiger partial charge in [0, 0.05) is 6.42 Å². The van der Waals surface area contributed by atoms with Crippen molar-refractivity contribution in [3.63, 3.8) is 0 Å². The van der Waals surface area contributed by atoms with Crippen molar-refractivity contribution in [1.82, 2.24) is 0 Å². The van der Waals surface area contributed by atoms with E-state index in [9.17, 15) is 4.79 Å². The van der Waals surface area contributed by atoms with Crippen LogP contribution in [0.2, 0.25) is 0 Å². The zero-order chi connectivity index (χ0) is 25.0. The molecule has 4 aliphatic carbocycles. The molecule has 4 heteroatoms. The second-order valence-electron chi connectivity index (χ2n) is 14.2. The number of methoxy groups -OCH3 is 1. The lowest BCUT2D eigenvalue weighted by Crippen LogP contribution is -2.60. The van der Waals surface area contributed by atoms with E-state index >= 15 is 0 Å². The molecule has 9 atom stereocenters. The van der Waals surface area contributed by atoms with Crippen molar-refractivity contribution >= 4 is 5.97 Å². The highest BCUT2D eigenvalue weighted by Crippen LogP contribution is 2.70. The summed E-state index contributed by atoms with van der Waals surface area (Å²) in [5.74, 6) is 4.39. The summed E-state index contributed by atoms with van der Waals surface area (Å²) in [6, 6.07) is 0. The highest BCUT2D eigenvalue weighted by Gasteiger charge is 2.65. The van der Waals surface area contributed by atoms with Crippen molar-refractivity contribution in [2.45, 2.75) is 111 Å². The van der Waals surface area contributed by atoms with Crippen molar-refractivity contribution in [1.29, 1.82) is 0 Å². The molecule has 1 aliphatic heterocycles. The fourth-order valence-corrected chi connectivity index (χ4v) is 10.5. The van der Waals surface area contributed by atoms with Gasteiger partial charge in [-0.25, -0.2) is 0 Å². The highest BCUT2D eigenvalue weighted by molar-refractivity contribution is 5.74. The summed E-state index contributed by atoms with van der Waals surface area (Å²) >= 11 is 0. The molecule has 4 saturated carbocycles. The quantitative estimate of drug-likeness (QED) is 0.369. The molecule has 1 saturated heterocycles. The van der Waals surface area contributed by atoms with Crippen LogP contribution in [0, 0.1) is 58.2 Å². The number of carbonyl (C=O) groups is 1. The van der Waals surface area contributed by atoms with Gasteiger partial charge in [0.2, 0.25) is 0 Å². The molecule has 0 aromatic rings. The lowest BCUT2D eigenvalue weighted by molar-refractivity contribution is -0.262. The molecular weight excluding hydrogens is 436 g/mol. The van der Waals surface area contributed by atoms with Crippen LogP contribution in [0.5, 0.6) is 0 Å². The first kappa shape index (κ1) is 26.0. The van der Waals surface area contributed by atoms with Crippen LogP contribution in [0.15, 0.2) is 0 Å². The molecule has 0 aromatic carbocycles. The van der Waals surface area contributed by atoms with Gasteiger partial charge in [-0.15, -0.1) is 0 Å². The van der Waals surface area contributed by atoms with Crippen molar-refractivity contribution in [3.05, 3.63) is 0 Å². The molecule has 4 nitrogen and oxygen atoms in total. The molecule has 0 radical (unpaired) electrons. The van der Waals surface area contributed by atoms with Gasteiger partial charge in [-0.05, 0) is 97.2 Å². The van der Waals surface area contributed by atoms with Crippen LogP contribution in [0.4, 0.5) is 0 Å². The van der Waals surface area contributed by atoms with Crippen molar-refractivity contribution in [2.24, 2.45) is 58.2 Å². The molecule has 0 N–H and O–H groups in total. The van der Waals surface area contributed by atoms with E-state index in [1.54, 1.807) is 0 Å². The summed E-state index contributed by atoms with van der Waals surface area (Å²) in [4.78, 5) is 13.0. The van der Waals surface area contributed by atoms with E-state index in [2.05, 4.69) is 34.6 Å². The van der Waals surface area contributed by atoms with Crippen molar-refractivity contribution in [2.75, 3.05) is 20.3 Å². The fourth-order valence-electron chi connectivity index (χ4n) is 10.5. The van der Waals surface area contributed by atoms with E-state index in [4.69, 9.17) is 14.2 Å². The number of ether oxygens (including phenoxy) is 3. The van der Waals surface area contributed by atoms with E-state index in [1.165, 1.54) is 64.9 Å². The Kier molecular flexibility index (Phi) is 7.14. The Morgan fingerprint density at radius 3 is 2.31 bits per heavy atom. The van der Waals surface area contributed by atoms with Gasteiger partial charge in [0.25, 0.3) is 0 Å². The summed E-state index contributed by atoms with van der Waals surface area (Å²) in [5.41, 5.74) is 0.696. The van der Waals surface area contributed by atoms with E-state index in [0.717, 1.165) is 48.3 Å². The fraction of sp³-hybridized carbons (Fsp3) is 0.968. The topological polar surface area (TPSA) is 44.8 Å².